The second-order valence-electron chi connectivity index (χ2n) is 4.76. The van der Waals surface area contributed by atoms with Crippen molar-refractivity contribution in [3.8, 4) is 0 Å². The minimum atomic E-state index is -0.253. The van der Waals surface area contributed by atoms with E-state index in [1.165, 1.54) is 12.1 Å². The second kappa shape index (κ2) is 5.93. The molecule has 2 atom stereocenters. The monoisotopic (exact) mass is 263 g/mol. The number of benzene rings is 1. The molecule has 2 rings (SSSR count). The molecule has 0 saturated carbocycles. The standard InChI is InChI=1S/C14H18FN3O/c1-3-9(2)13(16)14-17-12(18-19-14)8-10-4-6-11(15)7-5-10/h4-7,9,13H,3,8,16H2,1-2H3/t9-,13-/m0/s1. The summed E-state index contributed by atoms with van der Waals surface area (Å²) in [6, 6.07) is 6.02. The first-order valence-corrected chi connectivity index (χ1v) is 6.42. The summed E-state index contributed by atoms with van der Waals surface area (Å²) in [6.45, 7) is 4.12. The van der Waals surface area contributed by atoms with Gasteiger partial charge in [0.2, 0.25) is 5.89 Å². The van der Waals surface area contributed by atoms with Crippen LogP contribution in [0.2, 0.25) is 0 Å². The Balaban J connectivity index is 2.07. The lowest BCUT2D eigenvalue weighted by atomic mass is 10.0. The van der Waals surface area contributed by atoms with E-state index in [-0.39, 0.29) is 11.9 Å². The van der Waals surface area contributed by atoms with Crippen LogP contribution in [-0.2, 0) is 6.42 Å². The highest BCUT2D eigenvalue weighted by Gasteiger charge is 2.19. The minimum absolute atomic E-state index is 0.237. The molecular formula is C14H18FN3O. The van der Waals surface area contributed by atoms with Gasteiger partial charge < -0.3 is 10.3 Å². The van der Waals surface area contributed by atoms with Crippen molar-refractivity contribution in [2.24, 2.45) is 11.7 Å². The SMILES string of the molecule is CC[C@H](C)[C@H](N)c1nc(Cc2ccc(F)cc2)no1. The summed E-state index contributed by atoms with van der Waals surface area (Å²) in [5.74, 6) is 1.07. The Labute approximate surface area is 111 Å². The van der Waals surface area contributed by atoms with E-state index < -0.39 is 0 Å². The van der Waals surface area contributed by atoms with Crippen LogP contribution in [0.15, 0.2) is 28.8 Å². The lowest BCUT2D eigenvalue weighted by molar-refractivity contribution is 0.310. The third-order valence-corrected chi connectivity index (χ3v) is 3.30. The molecule has 0 fully saturated rings. The zero-order valence-corrected chi connectivity index (χ0v) is 11.1. The van der Waals surface area contributed by atoms with E-state index in [1.807, 2.05) is 0 Å². The molecule has 0 aliphatic heterocycles. The first-order chi connectivity index (χ1) is 9.10. The molecule has 0 radical (unpaired) electrons. The maximum Gasteiger partial charge on any atom is 0.243 e. The van der Waals surface area contributed by atoms with Crippen LogP contribution in [0.5, 0.6) is 0 Å². The van der Waals surface area contributed by atoms with Gasteiger partial charge in [-0.3, -0.25) is 0 Å². The fourth-order valence-electron chi connectivity index (χ4n) is 1.76. The summed E-state index contributed by atoms with van der Waals surface area (Å²) in [4.78, 5) is 4.30. The lowest BCUT2D eigenvalue weighted by Crippen LogP contribution is -2.18. The summed E-state index contributed by atoms with van der Waals surface area (Å²) in [7, 11) is 0. The largest absolute Gasteiger partial charge is 0.338 e. The molecule has 2 aromatic rings. The maximum absolute atomic E-state index is 12.8. The minimum Gasteiger partial charge on any atom is -0.338 e. The highest BCUT2D eigenvalue weighted by atomic mass is 19.1. The van der Waals surface area contributed by atoms with Gasteiger partial charge >= 0.3 is 0 Å². The molecule has 102 valence electrons. The van der Waals surface area contributed by atoms with Crippen LogP contribution in [0.3, 0.4) is 0 Å². The number of nitrogens with two attached hydrogens (primary N) is 1. The van der Waals surface area contributed by atoms with Gasteiger partial charge in [-0.2, -0.15) is 4.98 Å². The molecule has 4 nitrogen and oxygen atoms in total. The van der Waals surface area contributed by atoms with Gasteiger partial charge in [0.05, 0.1) is 6.04 Å². The summed E-state index contributed by atoms with van der Waals surface area (Å²) in [6.07, 6.45) is 1.47. The smallest absolute Gasteiger partial charge is 0.243 e. The van der Waals surface area contributed by atoms with Gasteiger partial charge in [0.25, 0.3) is 0 Å². The number of hydrogen-bond donors (Lipinski definition) is 1. The molecule has 0 aliphatic rings. The Hall–Kier alpha value is -1.75. The zero-order valence-electron chi connectivity index (χ0n) is 11.1. The van der Waals surface area contributed by atoms with Crippen molar-refractivity contribution in [1.29, 1.82) is 0 Å². The molecule has 2 N–H and O–H groups in total. The van der Waals surface area contributed by atoms with E-state index in [0.29, 0.717) is 24.1 Å². The number of aromatic nitrogens is 2. The number of nitrogens with zero attached hydrogens (tertiary/aromatic N) is 2. The van der Waals surface area contributed by atoms with E-state index in [4.69, 9.17) is 10.3 Å². The Morgan fingerprint density at radius 3 is 2.63 bits per heavy atom. The number of halogens is 1. The van der Waals surface area contributed by atoms with Gasteiger partial charge in [-0.15, -0.1) is 0 Å². The molecule has 1 aromatic carbocycles. The van der Waals surface area contributed by atoms with E-state index in [9.17, 15) is 4.39 Å². The molecule has 5 heteroatoms. The van der Waals surface area contributed by atoms with Gasteiger partial charge in [0, 0.05) is 6.42 Å². The third kappa shape index (κ3) is 3.38. The molecular weight excluding hydrogens is 245 g/mol. The first-order valence-electron chi connectivity index (χ1n) is 6.42. The number of hydrogen-bond acceptors (Lipinski definition) is 4. The first kappa shape index (κ1) is 13.7. The average molecular weight is 263 g/mol. The summed E-state index contributed by atoms with van der Waals surface area (Å²) < 4.78 is 18.0. The summed E-state index contributed by atoms with van der Waals surface area (Å²) >= 11 is 0. The van der Waals surface area contributed by atoms with Gasteiger partial charge in [-0.05, 0) is 23.6 Å². The normalized spacial score (nSPS) is 14.3. The van der Waals surface area contributed by atoms with E-state index in [0.717, 1.165) is 12.0 Å². The van der Waals surface area contributed by atoms with Crippen molar-refractivity contribution in [1.82, 2.24) is 10.1 Å². The van der Waals surface area contributed by atoms with Crippen LogP contribution < -0.4 is 5.73 Å². The van der Waals surface area contributed by atoms with Crippen LogP contribution in [-0.4, -0.2) is 10.1 Å². The van der Waals surface area contributed by atoms with Crippen molar-refractivity contribution >= 4 is 0 Å². The molecule has 0 spiro atoms. The highest BCUT2D eigenvalue weighted by molar-refractivity contribution is 5.19. The van der Waals surface area contributed by atoms with Gasteiger partial charge in [-0.1, -0.05) is 37.6 Å². The summed E-state index contributed by atoms with van der Waals surface area (Å²) in [5.41, 5.74) is 6.97. The fraction of sp³-hybridized carbons (Fsp3) is 0.429. The van der Waals surface area contributed by atoms with Crippen molar-refractivity contribution in [3.63, 3.8) is 0 Å². The van der Waals surface area contributed by atoms with Crippen LogP contribution in [0, 0.1) is 11.7 Å². The summed E-state index contributed by atoms with van der Waals surface area (Å²) in [5, 5.41) is 3.91. The Bertz CT molecular complexity index is 524. The van der Waals surface area contributed by atoms with Crippen LogP contribution in [0.1, 0.15) is 43.6 Å². The Morgan fingerprint density at radius 1 is 1.32 bits per heavy atom. The third-order valence-electron chi connectivity index (χ3n) is 3.30. The highest BCUT2D eigenvalue weighted by Crippen LogP contribution is 2.20. The van der Waals surface area contributed by atoms with Gasteiger partial charge in [-0.25, -0.2) is 4.39 Å². The van der Waals surface area contributed by atoms with Crippen molar-refractivity contribution in [2.75, 3.05) is 0 Å². The quantitative estimate of drug-likeness (QED) is 0.900. The van der Waals surface area contributed by atoms with E-state index in [1.54, 1.807) is 12.1 Å². The zero-order chi connectivity index (χ0) is 13.8. The molecule has 19 heavy (non-hydrogen) atoms. The molecule has 0 saturated heterocycles. The Kier molecular flexibility index (Phi) is 4.27. The van der Waals surface area contributed by atoms with E-state index in [2.05, 4.69) is 24.0 Å². The predicted molar refractivity (Wildman–Crippen MR) is 69.9 cm³/mol. The van der Waals surface area contributed by atoms with Gasteiger partial charge in [0.15, 0.2) is 5.82 Å². The molecule has 0 amide bonds. The molecule has 1 aromatic heterocycles. The second-order valence-corrected chi connectivity index (χ2v) is 4.76. The molecule has 0 aliphatic carbocycles. The average Bonchev–Trinajstić information content (AvgIpc) is 2.88. The molecule has 0 unspecified atom stereocenters. The van der Waals surface area contributed by atoms with Crippen LogP contribution in [0.25, 0.3) is 0 Å². The lowest BCUT2D eigenvalue weighted by Gasteiger charge is -2.12. The fourth-order valence-corrected chi connectivity index (χ4v) is 1.76. The van der Waals surface area contributed by atoms with E-state index >= 15 is 0 Å². The van der Waals surface area contributed by atoms with Crippen molar-refractivity contribution in [2.45, 2.75) is 32.7 Å². The maximum atomic E-state index is 12.8. The Morgan fingerprint density at radius 2 is 2.00 bits per heavy atom. The molecule has 0 bridgehead atoms. The van der Waals surface area contributed by atoms with Crippen molar-refractivity contribution in [3.05, 3.63) is 47.4 Å². The van der Waals surface area contributed by atoms with Gasteiger partial charge in [0.1, 0.15) is 5.82 Å². The molecule has 1 heterocycles. The topological polar surface area (TPSA) is 64.9 Å². The number of rotatable bonds is 5. The van der Waals surface area contributed by atoms with Crippen molar-refractivity contribution < 1.29 is 8.91 Å². The van der Waals surface area contributed by atoms with Crippen LogP contribution >= 0.6 is 0 Å². The predicted octanol–water partition coefficient (Wildman–Crippen LogP) is 2.85. The van der Waals surface area contributed by atoms with Crippen LogP contribution in [0.4, 0.5) is 4.39 Å².